The molecule has 0 saturated heterocycles. The van der Waals surface area contributed by atoms with Crippen molar-refractivity contribution in [2.24, 2.45) is 0 Å². The van der Waals surface area contributed by atoms with Crippen LogP contribution in [0.25, 0.3) is 0 Å². The molecule has 20 heavy (non-hydrogen) atoms. The Morgan fingerprint density at radius 1 is 1.20 bits per heavy atom. The number of hydrogen-bond acceptors (Lipinski definition) is 2. The molecule has 1 aliphatic rings. The van der Waals surface area contributed by atoms with E-state index in [1.165, 1.54) is 5.56 Å². The van der Waals surface area contributed by atoms with E-state index in [-0.39, 0.29) is 11.9 Å². The summed E-state index contributed by atoms with van der Waals surface area (Å²) in [4.78, 5) is 14.5. The van der Waals surface area contributed by atoms with Crippen molar-refractivity contribution in [3.63, 3.8) is 0 Å². The number of nitrogen functional groups attached to an aromatic ring is 1. The van der Waals surface area contributed by atoms with E-state index in [4.69, 9.17) is 5.73 Å². The van der Waals surface area contributed by atoms with Gasteiger partial charge in [0, 0.05) is 17.4 Å². The van der Waals surface area contributed by atoms with E-state index in [0.29, 0.717) is 12.1 Å². The Morgan fingerprint density at radius 2 is 1.90 bits per heavy atom. The highest BCUT2D eigenvalue weighted by atomic mass is 16.2. The molecule has 1 aliphatic heterocycles. The van der Waals surface area contributed by atoms with E-state index in [0.717, 1.165) is 17.7 Å². The zero-order valence-corrected chi connectivity index (χ0v) is 11.5. The highest BCUT2D eigenvalue weighted by Gasteiger charge is 2.30. The highest BCUT2D eigenvalue weighted by molar-refractivity contribution is 5.97. The number of nitrogens with zero attached hydrogens (tertiary/aromatic N) is 1. The zero-order chi connectivity index (χ0) is 14.1. The van der Waals surface area contributed by atoms with Gasteiger partial charge in [0.05, 0.1) is 6.42 Å². The van der Waals surface area contributed by atoms with Crippen molar-refractivity contribution in [1.82, 2.24) is 0 Å². The maximum Gasteiger partial charge on any atom is 0.231 e. The topological polar surface area (TPSA) is 46.3 Å². The summed E-state index contributed by atoms with van der Waals surface area (Å²) in [6.45, 7) is 2.09. The first-order valence-electron chi connectivity index (χ1n) is 6.90. The average Bonchev–Trinajstić information content (AvgIpc) is 2.77. The van der Waals surface area contributed by atoms with Crippen molar-refractivity contribution in [3.8, 4) is 0 Å². The molecule has 0 bridgehead atoms. The number of fused-ring (bicyclic) bond motifs is 1. The third-order valence-electron chi connectivity index (χ3n) is 3.87. The van der Waals surface area contributed by atoms with Crippen LogP contribution in [0.3, 0.4) is 0 Å². The maximum absolute atomic E-state index is 12.6. The van der Waals surface area contributed by atoms with Crippen LogP contribution in [0.15, 0.2) is 48.5 Å². The SMILES string of the molecule is CC1Cc2ccccc2N1C(=O)Cc1ccccc1N. The molecule has 3 nitrogen and oxygen atoms in total. The van der Waals surface area contributed by atoms with Crippen molar-refractivity contribution in [1.29, 1.82) is 0 Å². The summed E-state index contributed by atoms with van der Waals surface area (Å²) in [5.74, 6) is 0.111. The van der Waals surface area contributed by atoms with Gasteiger partial charge in [0.15, 0.2) is 0 Å². The molecule has 3 heteroatoms. The fourth-order valence-corrected chi connectivity index (χ4v) is 2.89. The monoisotopic (exact) mass is 266 g/mol. The van der Waals surface area contributed by atoms with Crippen molar-refractivity contribution < 1.29 is 4.79 Å². The van der Waals surface area contributed by atoms with Gasteiger partial charge in [0.25, 0.3) is 0 Å². The molecule has 1 amide bonds. The molecular weight excluding hydrogens is 248 g/mol. The second-order valence-electron chi connectivity index (χ2n) is 5.32. The number of hydrogen-bond donors (Lipinski definition) is 1. The Balaban J connectivity index is 1.86. The average molecular weight is 266 g/mol. The van der Waals surface area contributed by atoms with Crippen LogP contribution in [0.4, 0.5) is 11.4 Å². The van der Waals surface area contributed by atoms with Crippen LogP contribution in [-0.2, 0) is 17.6 Å². The third kappa shape index (κ3) is 2.16. The number of nitrogens with two attached hydrogens (primary N) is 1. The molecule has 2 N–H and O–H groups in total. The van der Waals surface area contributed by atoms with E-state index in [9.17, 15) is 4.79 Å². The Hall–Kier alpha value is -2.29. The Bertz CT molecular complexity index is 651. The van der Waals surface area contributed by atoms with E-state index >= 15 is 0 Å². The van der Waals surface area contributed by atoms with Crippen molar-refractivity contribution in [2.45, 2.75) is 25.8 Å². The highest BCUT2D eigenvalue weighted by Crippen LogP contribution is 2.32. The van der Waals surface area contributed by atoms with Gasteiger partial charge in [-0.3, -0.25) is 4.79 Å². The second kappa shape index (κ2) is 5.00. The molecule has 1 heterocycles. The number of para-hydroxylation sites is 2. The van der Waals surface area contributed by atoms with Gasteiger partial charge in [-0.2, -0.15) is 0 Å². The first kappa shape index (κ1) is 12.7. The van der Waals surface area contributed by atoms with Gasteiger partial charge in [-0.05, 0) is 36.6 Å². The third-order valence-corrected chi connectivity index (χ3v) is 3.87. The summed E-state index contributed by atoms with van der Waals surface area (Å²) in [6, 6.07) is 15.9. The molecule has 102 valence electrons. The molecule has 3 rings (SSSR count). The van der Waals surface area contributed by atoms with Crippen LogP contribution in [0.5, 0.6) is 0 Å². The number of amides is 1. The van der Waals surface area contributed by atoms with Crippen LogP contribution in [0.2, 0.25) is 0 Å². The molecule has 0 fully saturated rings. The Kier molecular flexibility index (Phi) is 3.18. The van der Waals surface area contributed by atoms with Gasteiger partial charge in [-0.15, -0.1) is 0 Å². The summed E-state index contributed by atoms with van der Waals surface area (Å²) in [5.41, 5.74) is 9.79. The van der Waals surface area contributed by atoms with Crippen LogP contribution in [-0.4, -0.2) is 11.9 Å². The number of anilines is 2. The molecular formula is C17H18N2O. The quantitative estimate of drug-likeness (QED) is 0.850. The summed E-state index contributed by atoms with van der Waals surface area (Å²) < 4.78 is 0. The van der Waals surface area contributed by atoms with Crippen molar-refractivity contribution >= 4 is 17.3 Å². The van der Waals surface area contributed by atoms with Gasteiger partial charge in [0.2, 0.25) is 5.91 Å². The predicted octanol–water partition coefficient (Wildman–Crippen LogP) is 2.79. The summed E-state index contributed by atoms with van der Waals surface area (Å²) in [7, 11) is 0. The molecule has 0 spiro atoms. The molecule has 2 aromatic rings. The smallest absolute Gasteiger partial charge is 0.231 e. The normalized spacial score (nSPS) is 17.1. The van der Waals surface area contributed by atoms with Crippen LogP contribution >= 0.6 is 0 Å². The van der Waals surface area contributed by atoms with Crippen molar-refractivity contribution in [2.75, 3.05) is 10.6 Å². The van der Waals surface area contributed by atoms with Gasteiger partial charge >= 0.3 is 0 Å². The minimum absolute atomic E-state index is 0.111. The van der Waals surface area contributed by atoms with E-state index in [1.807, 2.05) is 47.4 Å². The fraction of sp³-hybridized carbons (Fsp3) is 0.235. The molecule has 0 aromatic heterocycles. The lowest BCUT2D eigenvalue weighted by Gasteiger charge is -2.23. The standard InChI is InChI=1S/C17H18N2O/c1-12-10-14-7-3-5-9-16(14)19(12)17(20)11-13-6-2-4-8-15(13)18/h2-9,12H,10-11,18H2,1H3. The lowest BCUT2D eigenvalue weighted by atomic mass is 10.1. The lowest BCUT2D eigenvalue weighted by Crippen LogP contribution is -2.36. The van der Waals surface area contributed by atoms with E-state index < -0.39 is 0 Å². The maximum atomic E-state index is 12.6. The number of rotatable bonds is 2. The lowest BCUT2D eigenvalue weighted by molar-refractivity contribution is -0.118. The minimum atomic E-state index is 0.111. The van der Waals surface area contributed by atoms with Gasteiger partial charge in [-0.25, -0.2) is 0 Å². The summed E-state index contributed by atoms with van der Waals surface area (Å²) in [6.07, 6.45) is 1.28. The second-order valence-corrected chi connectivity index (χ2v) is 5.32. The number of benzene rings is 2. The minimum Gasteiger partial charge on any atom is -0.398 e. The van der Waals surface area contributed by atoms with Crippen molar-refractivity contribution in [3.05, 3.63) is 59.7 Å². The first-order chi connectivity index (χ1) is 9.66. The molecule has 2 aromatic carbocycles. The predicted molar refractivity (Wildman–Crippen MR) is 81.7 cm³/mol. The number of carbonyl (C=O) groups is 1. The molecule has 0 saturated carbocycles. The van der Waals surface area contributed by atoms with Crippen LogP contribution in [0.1, 0.15) is 18.1 Å². The molecule has 0 aliphatic carbocycles. The molecule has 1 atom stereocenters. The van der Waals surface area contributed by atoms with Crippen LogP contribution in [0, 0.1) is 0 Å². The molecule has 1 unspecified atom stereocenters. The van der Waals surface area contributed by atoms with E-state index in [2.05, 4.69) is 13.0 Å². The van der Waals surface area contributed by atoms with Gasteiger partial charge in [-0.1, -0.05) is 36.4 Å². The zero-order valence-electron chi connectivity index (χ0n) is 11.5. The summed E-state index contributed by atoms with van der Waals surface area (Å²) >= 11 is 0. The van der Waals surface area contributed by atoms with Crippen LogP contribution < -0.4 is 10.6 Å². The van der Waals surface area contributed by atoms with E-state index in [1.54, 1.807) is 0 Å². The summed E-state index contributed by atoms with van der Waals surface area (Å²) in [5, 5.41) is 0. The first-order valence-corrected chi connectivity index (χ1v) is 6.90. The Labute approximate surface area is 119 Å². The largest absolute Gasteiger partial charge is 0.398 e. The van der Waals surface area contributed by atoms with Gasteiger partial charge in [0.1, 0.15) is 0 Å². The fourth-order valence-electron chi connectivity index (χ4n) is 2.89. The molecule has 0 radical (unpaired) electrons. The Morgan fingerprint density at radius 3 is 2.70 bits per heavy atom. The number of carbonyl (C=O) groups excluding carboxylic acids is 1. The van der Waals surface area contributed by atoms with Gasteiger partial charge < -0.3 is 10.6 Å².